The Balaban J connectivity index is 3.06. The van der Waals surface area contributed by atoms with Crippen LogP contribution < -0.4 is 0 Å². The van der Waals surface area contributed by atoms with E-state index in [9.17, 15) is 9.59 Å². The van der Waals surface area contributed by atoms with Crippen molar-refractivity contribution in [3.8, 4) is 0 Å². The molecule has 0 aliphatic carbocycles. The minimum absolute atomic E-state index is 0.116. The number of aryl methyl sites for hydroxylation is 2. The van der Waals surface area contributed by atoms with E-state index in [1.54, 1.807) is 25.5 Å². The van der Waals surface area contributed by atoms with Gasteiger partial charge in [-0.1, -0.05) is 11.6 Å². The maximum atomic E-state index is 12.0. The van der Waals surface area contributed by atoms with Crippen molar-refractivity contribution in [2.75, 3.05) is 13.2 Å². The number of esters is 2. The minimum atomic E-state index is -1.02. The monoisotopic (exact) mass is 316 g/mol. The maximum Gasteiger partial charge on any atom is 0.320 e. The Morgan fingerprint density at radius 3 is 2.14 bits per heavy atom. The van der Waals surface area contributed by atoms with Crippen molar-refractivity contribution in [3.05, 3.63) is 16.4 Å². The Kier molecular flexibility index (Phi) is 6.68. The third-order valence-corrected chi connectivity index (χ3v) is 3.48. The van der Waals surface area contributed by atoms with Crippen molar-refractivity contribution in [2.45, 2.75) is 40.7 Å². The van der Waals surface area contributed by atoms with Crippen LogP contribution >= 0.6 is 11.6 Å². The second kappa shape index (κ2) is 8.02. The summed E-state index contributed by atoms with van der Waals surface area (Å²) in [6, 6.07) is 0. The van der Waals surface area contributed by atoms with Crippen LogP contribution in [-0.4, -0.2) is 34.9 Å². The first kappa shape index (κ1) is 17.5. The fourth-order valence-corrected chi connectivity index (χ4v) is 2.22. The average Bonchev–Trinajstić information content (AvgIpc) is 2.72. The van der Waals surface area contributed by atoms with Crippen molar-refractivity contribution in [1.82, 2.24) is 9.78 Å². The molecule has 0 spiro atoms. The van der Waals surface area contributed by atoms with Crippen molar-refractivity contribution in [2.24, 2.45) is 5.92 Å². The van der Waals surface area contributed by atoms with Crippen molar-refractivity contribution in [3.63, 3.8) is 0 Å². The van der Waals surface area contributed by atoms with E-state index in [0.29, 0.717) is 23.0 Å². The summed E-state index contributed by atoms with van der Waals surface area (Å²) in [6.07, 6.45) is 0.116. The predicted octanol–water partition coefficient (Wildman–Crippen LogP) is 2.15. The SMILES string of the molecule is CCOC(=O)C(Cc1c(Cl)c(C)nn1CC)C(=O)OCC. The fourth-order valence-electron chi connectivity index (χ4n) is 2.01. The van der Waals surface area contributed by atoms with Gasteiger partial charge in [0.2, 0.25) is 0 Å². The topological polar surface area (TPSA) is 70.4 Å². The van der Waals surface area contributed by atoms with Gasteiger partial charge in [0.1, 0.15) is 0 Å². The highest BCUT2D eigenvalue weighted by Crippen LogP contribution is 2.24. The van der Waals surface area contributed by atoms with Gasteiger partial charge in [-0.25, -0.2) is 0 Å². The molecule has 7 heteroatoms. The van der Waals surface area contributed by atoms with Gasteiger partial charge in [0.05, 0.1) is 29.6 Å². The summed E-state index contributed by atoms with van der Waals surface area (Å²) in [6.45, 7) is 8.07. The molecule has 0 N–H and O–H groups in total. The second-order valence-electron chi connectivity index (χ2n) is 4.42. The molecule has 1 rings (SSSR count). The molecule has 21 heavy (non-hydrogen) atoms. The third kappa shape index (κ3) is 4.20. The highest BCUT2D eigenvalue weighted by molar-refractivity contribution is 6.31. The normalized spacial score (nSPS) is 10.8. The van der Waals surface area contributed by atoms with Gasteiger partial charge in [0.25, 0.3) is 0 Å². The first-order chi connectivity index (χ1) is 9.96. The zero-order chi connectivity index (χ0) is 16.0. The molecular formula is C14H21ClN2O4. The lowest BCUT2D eigenvalue weighted by Gasteiger charge is -2.15. The van der Waals surface area contributed by atoms with Gasteiger partial charge in [0.15, 0.2) is 5.92 Å². The number of carbonyl (C=O) groups is 2. The largest absolute Gasteiger partial charge is 0.465 e. The molecule has 0 atom stereocenters. The van der Waals surface area contributed by atoms with E-state index in [0.717, 1.165) is 0 Å². The van der Waals surface area contributed by atoms with Gasteiger partial charge in [0, 0.05) is 13.0 Å². The summed E-state index contributed by atoms with van der Waals surface area (Å²) >= 11 is 6.21. The summed E-state index contributed by atoms with van der Waals surface area (Å²) in [5.74, 6) is -2.23. The van der Waals surface area contributed by atoms with Crippen LogP contribution in [0.3, 0.4) is 0 Å². The molecule has 0 aromatic carbocycles. The molecule has 0 saturated heterocycles. The minimum Gasteiger partial charge on any atom is -0.465 e. The van der Waals surface area contributed by atoms with E-state index in [1.165, 1.54) is 0 Å². The van der Waals surface area contributed by atoms with E-state index in [1.807, 2.05) is 6.92 Å². The molecule has 1 aromatic heterocycles. The van der Waals surface area contributed by atoms with Gasteiger partial charge in [-0.2, -0.15) is 5.10 Å². The highest BCUT2D eigenvalue weighted by atomic mass is 35.5. The number of carbonyl (C=O) groups excluding carboxylic acids is 2. The molecule has 0 amide bonds. The van der Waals surface area contributed by atoms with E-state index in [4.69, 9.17) is 21.1 Å². The van der Waals surface area contributed by atoms with Crippen LogP contribution in [0.4, 0.5) is 0 Å². The van der Waals surface area contributed by atoms with Crippen LogP contribution in [0, 0.1) is 12.8 Å². The zero-order valence-corrected chi connectivity index (χ0v) is 13.6. The van der Waals surface area contributed by atoms with Gasteiger partial charge < -0.3 is 9.47 Å². The molecule has 0 aliphatic rings. The average molecular weight is 317 g/mol. The van der Waals surface area contributed by atoms with Gasteiger partial charge >= 0.3 is 11.9 Å². The molecule has 0 fully saturated rings. The van der Waals surface area contributed by atoms with Gasteiger partial charge in [-0.3, -0.25) is 14.3 Å². The summed E-state index contributed by atoms with van der Waals surface area (Å²) in [5, 5.41) is 4.74. The number of hydrogen-bond donors (Lipinski definition) is 0. The standard InChI is InChI=1S/C14H21ClN2O4/c1-5-17-11(12(15)9(4)16-17)8-10(13(18)20-6-2)14(19)21-7-3/h10H,5-8H2,1-4H3. The summed E-state index contributed by atoms with van der Waals surface area (Å²) in [7, 11) is 0. The molecule has 1 aromatic rings. The third-order valence-electron chi connectivity index (χ3n) is 2.99. The van der Waals surface area contributed by atoms with Crippen LogP contribution in [0.1, 0.15) is 32.2 Å². The number of ether oxygens (including phenoxy) is 2. The number of aromatic nitrogens is 2. The quantitative estimate of drug-likeness (QED) is 0.569. The number of halogens is 1. The van der Waals surface area contributed by atoms with Crippen LogP contribution in [0.2, 0.25) is 5.02 Å². The number of nitrogens with zero attached hydrogens (tertiary/aromatic N) is 2. The van der Waals surface area contributed by atoms with E-state index >= 15 is 0 Å². The lowest BCUT2D eigenvalue weighted by atomic mass is 10.0. The molecule has 0 unspecified atom stereocenters. The molecule has 0 saturated carbocycles. The molecular weight excluding hydrogens is 296 g/mol. The summed E-state index contributed by atoms with van der Waals surface area (Å²) < 4.78 is 11.6. The lowest BCUT2D eigenvalue weighted by molar-refractivity contribution is -0.161. The maximum absolute atomic E-state index is 12.0. The molecule has 0 bridgehead atoms. The van der Waals surface area contributed by atoms with Crippen LogP contribution in [0.15, 0.2) is 0 Å². The fraction of sp³-hybridized carbons (Fsp3) is 0.643. The van der Waals surface area contributed by atoms with Crippen LogP contribution in [0.5, 0.6) is 0 Å². The van der Waals surface area contributed by atoms with Crippen molar-refractivity contribution >= 4 is 23.5 Å². The van der Waals surface area contributed by atoms with Crippen LogP contribution in [-0.2, 0) is 32.0 Å². The second-order valence-corrected chi connectivity index (χ2v) is 4.80. The van der Waals surface area contributed by atoms with Gasteiger partial charge in [-0.15, -0.1) is 0 Å². The first-order valence-electron chi connectivity index (χ1n) is 7.01. The number of rotatable bonds is 7. The van der Waals surface area contributed by atoms with Crippen molar-refractivity contribution < 1.29 is 19.1 Å². The number of hydrogen-bond acceptors (Lipinski definition) is 5. The zero-order valence-electron chi connectivity index (χ0n) is 12.8. The first-order valence-corrected chi connectivity index (χ1v) is 7.38. The lowest BCUT2D eigenvalue weighted by Crippen LogP contribution is -2.30. The molecule has 0 aliphatic heterocycles. The molecule has 0 radical (unpaired) electrons. The molecule has 118 valence electrons. The Morgan fingerprint density at radius 1 is 1.19 bits per heavy atom. The van der Waals surface area contributed by atoms with E-state index < -0.39 is 17.9 Å². The Labute approximate surface area is 129 Å². The van der Waals surface area contributed by atoms with Crippen molar-refractivity contribution in [1.29, 1.82) is 0 Å². The summed E-state index contributed by atoms with van der Waals surface area (Å²) in [4.78, 5) is 24.0. The van der Waals surface area contributed by atoms with E-state index in [2.05, 4.69) is 5.10 Å². The van der Waals surface area contributed by atoms with E-state index in [-0.39, 0.29) is 19.6 Å². The van der Waals surface area contributed by atoms with Crippen LogP contribution in [0.25, 0.3) is 0 Å². The highest BCUT2D eigenvalue weighted by Gasteiger charge is 2.32. The Morgan fingerprint density at radius 2 is 1.71 bits per heavy atom. The predicted molar refractivity (Wildman–Crippen MR) is 78.1 cm³/mol. The Bertz CT molecular complexity index is 495. The Hall–Kier alpha value is -1.56. The molecule has 1 heterocycles. The molecule has 6 nitrogen and oxygen atoms in total. The van der Waals surface area contributed by atoms with Gasteiger partial charge in [-0.05, 0) is 27.7 Å². The smallest absolute Gasteiger partial charge is 0.320 e. The summed E-state index contributed by atoms with van der Waals surface area (Å²) in [5.41, 5.74) is 1.31.